The Kier molecular flexibility index (Phi) is 5.86. The zero-order chi connectivity index (χ0) is 21.0. The van der Waals surface area contributed by atoms with Crippen molar-refractivity contribution in [3.63, 3.8) is 0 Å². The molecule has 0 bridgehead atoms. The van der Waals surface area contributed by atoms with Gasteiger partial charge in [-0.25, -0.2) is 0 Å². The smallest absolute Gasteiger partial charge is 0.0577 e. The first-order valence-electron chi connectivity index (χ1n) is 12.7. The number of rotatable bonds is 5. The van der Waals surface area contributed by atoms with E-state index in [2.05, 4.69) is 47.3 Å². The SMILES string of the molecule is C=C(CCC(C)C(C)C)C1CCC2C3CC=C4CC(O)CCC4(C)C3CCC12C. The zero-order valence-corrected chi connectivity index (χ0v) is 19.8. The molecule has 1 heteroatoms. The van der Waals surface area contributed by atoms with Crippen molar-refractivity contribution in [2.75, 3.05) is 0 Å². The summed E-state index contributed by atoms with van der Waals surface area (Å²) in [6.07, 6.45) is 15.0. The molecule has 4 aliphatic carbocycles. The lowest BCUT2D eigenvalue weighted by atomic mass is 9.47. The van der Waals surface area contributed by atoms with E-state index < -0.39 is 0 Å². The van der Waals surface area contributed by atoms with Gasteiger partial charge < -0.3 is 5.11 Å². The van der Waals surface area contributed by atoms with Gasteiger partial charge in [0.05, 0.1) is 6.10 Å². The van der Waals surface area contributed by atoms with Gasteiger partial charge in [0, 0.05) is 0 Å². The fraction of sp³-hybridized carbons (Fsp3) is 0.857. The Bertz CT molecular complexity index is 659. The van der Waals surface area contributed by atoms with Crippen molar-refractivity contribution in [1.82, 2.24) is 0 Å². The van der Waals surface area contributed by atoms with E-state index in [0.717, 1.165) is 48.3 Å². The van der Waals surface area contributed by atoms with Crippen molar-refractivity contribution in [1.29, 1.82) is 0 Å². The third kappa shape index (κ3) is 3.58. The molecule has 0 aromatic heterocycles. The van der Waals surface area contributed by atoms with E-state index in [1.807, 2.05) is 0 Å². The Morgan fingerprint density at radius 2 is 1.86 bits per heavy atom. The van der Waals surface area contributed by atoms with Crippen LogP contribution in [0.4, 0.5) is 0 Å². The molecule has 8 atom stereocenters. The third-order valence-electron chi connectivity index (χ3n) is 10.6. The van der Waals surface area contributed by atoms with Crippen molar-refractivity contribution in [2.24, 2.45) is 46.3 Å². The minimum absolute atomic E-state index is 0.0906. The van der Waals surface area contributed by atoms with Crippen LogP contribution in [0.3, 0.4) is 0 Å². The van der Waals surface area contributed by atoms with Gasteiger partial charge in [-0.2, -0.15) is 0 Å². The Morgan fingerprint density at radius 3 is 2.59 bits per heavy atom. The van der Waals surface area contributed by atoms with Gasteiger partial charge >= 0.3 is 0 Å². The van der Waals surface area contributed by atoms with Crippen LogP contribution >= 0.6 is 0 Å². The first-order valence-corrected chi connectivity index (χ1v) is 12.7. The molecule has 0 aromatic rings. The van der Waals surface area contributed by atoms with Gasteiger partial charge in [-0.15, -0.1) is 0 Å². The molecule has 0 spiro atoms. The maximum atomic E-state index is 10.2. The molecule has 0 radical (unpaired) electrons. The van der Waals surface area contributed by atoms with E-state index in [-0.39, 0.29) is 6.10 Å². The largest absolute Gasteiger partial charge is 0.393 e. The van der Waals surface area contributed by atoms with E-state index in [1.165, 1.54) is 51.4 Å². The van der Waals surface area contributed by atoms with Gasteiger partial charge in [-0.1, -0.05) is 58.4 Å². The van der Waals surface area contributed by atoms with Crippen LogP contribution < -0.4 is 0 Å². The fourth-order valence-electron chi connectivity index (χ4n) is 8.23. The highest BCUT2D eigenvalue weighted by Crippen LogP contribution is 2.67. The van der Waals surface area contributed by atoms with Crippen molar-refractivity contribution in [3.05, 3.63) is 23.8 Å². The summed E-state index contributed by atoms with van der Waals surface area (Å²) in [5.74, 6) is 4.93. The summed E-state index contributed by atoms with van der Waals surface area (Å²) in [5.41, 5.74) is 4.02. The molecular formula is C28H46O. The molecule has 29 heavy (non-hydrogen) atoms. The summed E-state index contributed by atoms with van der Waals surface area (Å²) in [7, 11) is 0. The van der Waals surface area contributed by atoms with Gasteiger partial charge in [-0.05, 0) is 111 Å². The van der Waals surface area contributed by atoms with Gasteiger partial charge in [0.2, 0.25) is 0 Å². The first-order chi connectivity index (χ1) is 13.7. The second-order valence-corrected chi connectivity index (χ2v) is 12.2. The summed E-state index contributed by atoms with van der Waals surface area (Å²) in [5, 5.41) is 10.2. The predicted octanol–water partition coefficient (Wildman–Crippen LogP) is 7.55. The van der Waals surface area contributed by atoms with Crippen LogP contribution in [0.5, 0.6) is 0 Å². The highest BCUT2D eigenvalue weighted by Gasteiger charge is 2.58. The summed E-state index contributed by atoms with van der Waals surface area (Å²) in [4.78, 5) is 0. The topological polar surface area (TPSA) is 20.2 Å². The van der Waals surface area contributed by atoms with Crippen LogP contribution in [-0.2, 0) is 0 Å². The van der Waals surface area contributed by atoms with E-state index in [1.54, 1.807) is 11.1 Å². The first kappa shape index (κ1) is 21.7. The summed E-state index contributed by atoms with van der Waals surface area (Å²) in [6.45, 7) is 17.0. The molecule has 0 amide bonds. The minimum Gasteiger partial charge on any atom is -0.393 e. The van der Waals surface area contributed by atoms with E-state index >= 15 is 0 Å². The maximum absolute atomic E-state index is 10.2. The monoisotopic (exact) mass is 398 g/mol. The maximum Gasteiger partial charge on any atom is 0.0577 e. The highest BCUT2D eigenvalue weighted by atomic mass is 16.3. The molecule has 4 aliphatic rings. The van der Waals surface area contributed by atoms with Crippen LogP contribution in [0.1, 0.15) is 98.8 Å². The molecule has 0 saturated heterocycles. The Balaban J connectivity index is 1.49. The number of aliphatic hydroxyl groups excluding tert-OH is 1. The number of fused-ring (bicyclic) bond motifs is 5. The van der Waals surface area contributed by atoms with E-state index in [0.29, 0.717) is 10.8 Å². The third-order valence-corrected chi connectivity index (χ3v) is 10.6. The minimum atomic E-state index is -0.0906. The van der Waals surface area contributed by atoms with E-state index in [9.17, 15) is 5.11 Å². The summed E-state index contributed by atoms with van der Waals surface area (Å²) < 4.78 is 0. The number of hydrogen-bond acceptors (Lipinski definition) is 1. The van der Waals surface area contributed by atoms with Crippen LogP contribution in [-0.4, -0.2) is 11.2 Å². The molecule has 3 saturated carbocycles. The number of hydrogen-bond donors (Lipinski definition) is 1. The van der Waals surface area contributed by atoms with Crippen molar-refractivity contribution in [2.45, 2.75) is 105 Å². The normalized spacial score (nSPS) is 45.2. The lowest BCUT2D eigenvalue weighted by Gasteiger charge is -2.58. The average Bonchev–Trinajstić information content (AvgIpc) is 3.03. The lowest BCUT2D eigenvalue weighted by molar-refractivity contribution is -0.0457. The summed E-state index contributed by atoms with van der Waals surface area (Å²) >= 11 is 0. The molecular weight excluding hydrogens is 352 g/mol. The van der Waals surface area contributed by atoms with Crippen LogP contribution in [0.2, 0.25) is 0 Å². The quantitative estimate of drug-likeness (QED) is 0.474. The van der Waals surface area contributed by atoms with Crippen LogP contribution in [0.15, 0.2) is 23.8 Å². The van der Waals surface area contributed by atoms with Crippen LogP contribution in [0.25, 0.3) is 0 Å². The van der Waals surface area contributed by atoms with Gasteiger partial charge in [0.25, 0.3) is 0 Å². The molecule has 164 valence electrons. The van der Waals surface area contributed by atoms with Gasteiger partial charge in [0.1, 0.15) is 0 Å². The Hall–Kier alpha value is -0.560. The molecule has 1 N–H and O–H groups in total. The highest BCUT2D eigenvalue weighted by molar-refractivity contribution is 5.26. The zero-order valence-electron chi connectivity index (χ0n) is 19.8. The second kappa shape index (κ2) is 7.85. The molecule has 8 unspecified atom stereocenters. The van der Waals surface area contributed by atoms with E-state index in [4.69, 9.17) is 0 Å². The van der Waals surface area contributed by atoms with Crippen molar-refractivity contribution < 1.29 is 5.11 Å². The number of aliphatic hydroxyl groups is 1. The van der Waals surface area contributed by atoms with Gasteiger partial charge in [-0.3, -0.25) is 0 Å². The standard InChI is InChI=1S/C28H46O/c1-18(2)19(3)7-8-20(4)24-11-12-25-23-10-9-21-17-22(29)13-15-27(21,5)26(23)14-16-28(24,25)6/h9,18-19,22-26,29H,4,7-8,10-17H2,1-3,5-6H3. The number of allylic oxidation sites excluding steroid dienone is 2. The Morgan fingerprint density at radius 1 is 1.10 bits per heavy atom. The van der Waals surface area contributed by atoms with Crippen molar-refractivity contribution in [3.8, 4) is 0 Å². The van der Waals surface area contributed by atoms with Crippen molar-refractivity contribution >= 4 is 0 Å². The molecule has 1 nitrogen and oxygen atoms in total. The molecule has 0 aromatic carbocycles. The average molecular weight is 399 g/mol. The lowest BCUT2D eigenvalue weighted by Crippen LogP contribution is -2.50. The molecule has 0 heterocycles. The van der Waals surface area contributed by atoms with Crippen LogP contribution in [0, 0.1) is 46.3 Å². The summed E-state index contributed by atoms with van der Waals surface area (Å²) in [6, 6.07) is 0. The fourth-order valence-corrected chi connectivity index (χ4v) is 8.23. The molecule has 3 fully saturated rings. The molecule has 4 rings (SSSR count). The molecule has 0 aliphatic heterocycles. The predicted molar refractivity (Wildman–Crippen MR) is 124 cm³/mol. The van der Waals surface area contributed by atoms with Gasteiger partial charge in [0.15, 0.2) is 0 Å². The Labute approximate surface area is 180 Å². The second-order valence-electron chi connectivity index (χ2n) is 12.2.